The van der Waals surface area contributed by atoms with E-state index in [1.165, 1.54) is 31.4 Å². The molecule has 0 bridgehead atoms. The van der Waals surface area contributed by atoms with Crippen molar-refractivity contribution in [3.05, 3.63) is 58.7 Å². The van der Waals surface area contributed by atoms with E-state index >= 15 is 0 Å². The summed E-state index contributed by atoms with van der Waals surface area (Å²) in [5, 5.41) is 4.91. The van der Waals surface area contributed by atoms with Crippen LogP contribution in [0.1, 0.15) is 30.5 Å². The Morgan fingerprint density at radius 2 is 1.52 bits per heavy atom. The first kappa shape index (κ1) is 21.1. The van der Waals surface area contributed by atoms with E-state index in [1.54, 1.807) is 17.6 Å². The minimum Gasteiger partial charge on any atom is -0.324 e. The van der Waals surface area contributed by atoms with Crippen molar-refractivity contribution in [2.75, 3.05) is 5.32 Å². The lowest BCUT2D eigenvalue weighted by atomic mass is 9.81. The van der Waals surface area contributed by atoms with Crippen LogP contribution in [-0.4, -0.2) is 10.9 Å². The first-order chi connectivity index (χ1) is 13.3. The standard InChI is InChI=1S/C19H14F6N2OS/c1-17(2,16(28)27-14-9-29-15-8-26-4-3-13(14)15)10-5-11(18(20,21)22)7-12(6-10)19(23,24)25/h3-9H,1-2H3,(H,27,28). The molecule has 3 rings (SSSR count). The Bertz CT molecular complexity index is 1040. The van der Waals surface area contributed by atoms with Crippen molar-refractivity contribution in [2.45, 2.75) is 31.6 Å². The number of carbonyl (C=O) groups is 1. The van der Waals surface area contributed by atoms with Gasteiger partial charge in [0.2, 0.25) is 5.91 Å². The zero-order valence-electron chi connectivity index (χ0n) is 15.1. The molecule has 0 spiro atoms. The summed E-state index contributed by atoms with van der Waals surface area (Å²) in [7, 11) is 0. The van der Waals surface area contributed by atoms with E-state index in [1.807, 2.05) is 0 Å². The summed E-state index contributed by atoms with van der Waals surface area (Å²) in [5.41, 5.74) is -4.57. The average molecular weight is 432 g/mol. The third-order valence-corrected chi connectivity index (χ3v) is 5.44. The lowest BCUT2D eigenvalue weighted by Gasteiger charge is -2.26. The van der Waals surface area contributed by atoms with Crippen molar-refractivity contribution in [1.82, 2.24) is 4.98 Å². The molecule has 0 aliphatic rings. The summed E-state index contributed by atoms with van der Waals surface area (Å²) in [4.78, 5) is 16.8. The smallest absolute Gasteiger partial charge is 0.324 e. The molecule has 1 amide bonds. The van der Waals surface area contributed by atoms with Crippen LogP contribution in [-0.2, 0) is 22.6 Å². The molecule has 0 radical (unpaired) electrons. The largest absolute Gasteiger partial charge is 0.416 e. The van der Waals surface area contributed by atoms with Gasteiger partial charge in [0.1, 0.15) is 0 Å². The zero-order valence-corrected chi connectivity index (χ0v) is 15.9. The second kappa shape index (κ2) is 7.01. The van der Waals surface area contributed by atoms with Gasteiger partial charge in [-0.1, -0.05) is 0 Å². The number of amides is 1. The summed E-state index contributed by atoms with van der Waals surface area (Å²) < 4.78 is 79.6. The first-order valence-corrected chi connectivity index (χ1v) is 9.11. The van der Waals surface area contributed by atoms with E-state index in [2.05, 4.69) is 10.3 Å². The topological polar surface area (TPSA) is 42.0 Å². The van der Waals surface area contributed by atoms with E-state index in [-0.39, 0.29) is 6.07 Å². The summed E-state index contributed by atoms with van der Waals surface area (Å²) in [6.45, 7) is 2.54. The van der Waals surface area contributed by atoms with E-state index in [0.29, 0.717) is 23.2 Å². The maximum Gasteiger partial charge on any atom is 0.416 e. The van der Waals surface area contributed by atoms with Crippen LogP contribution in [0.5, 0.6) is 0 Å². The molecule has 0 unspecified atom stereocenters. The molecule has 0 saturated heterocycles. The third kappa shape index (κ3) is 4.21. The Kier molecular flexibility index (Phi) is 5.10. The predicted molar refractivity (Wildman–Crippen MR) is 97.7 cm³/mol. The van der Waals surface area contributed by atoms with Gasteiger partial charge >= 0.3 is 12.4 Å². The number of aromatic nitrogens is 1. The van der Waals surface area contributed by atoms with Gasteiger partial charge in [-0.15, -0.1) is 11.3 Å². The summed E-state index contributed by atoms with van der Waals surface area (Å²) in [6.07, 6.45) is -6.88. The van der Waals surface area contributed by atoms with Crippen LogP contribution in [0.25, 0.3) is 10.1 Å². The Labute approximate surface area is 165 Å². The van der Waals surface area contributed by atoms with E-state index < -0.39 is 40.4 Å². The fourth-order valence-corrected chi connectivity index (χ4v) is 3.56. The summed E-state index contributed by atoms with van der Waals surface area (Å²) in [6, 6.07) is 2.84. The summed E-state index contributed by atoms with van der Waals surface area (Å²) >= 11 is 1.30. The number of benzene rings is 1. The Hall–Kier alpha value is -2.62. The molecule has 29 heavy (non-hydrogen) atoms. The molecule has 0 atom stereocenters. The van der Waals surface area contributed by atoms with Gasteiger partial charge < -0.3 is 5.32 Å². The van der Waals surface area contributed by atoms with Crippen LogP contribution in [0.3, 0.4) is 0 Å². The number of nitrogens with zero attached hydrogens (tertiary/aromatic N) is 1. The minimum atomic E-state index is -4.99. The number of pyridine rings is 1. The van der Waals surface area contributed by atoms with Gasteiger partial charge in [-0.05, 0) is 43.7 Å². The Morgan fingerprint density at radius 1 is 0.966 bits per heavy atom. The molecule has 1 aromatic carbocycles. The minimum absolute atomic E-state index is 0.0386. The highest BCUT2D eigenvalue weighted by atomic mass is 32.1. The number of anilines is 1. The van der Waals surface area contributed by atoms with E-state index in [0.717, 1.165) is 4.70 Å². The van der Waals surface area contributed by atoms with Gasteiger partial charge in [-0.2, -0.15) is 26.3 Å². The van der Waals surface area contributed by atoms with E-state index in [9.17, 15) is 31.1 Å². The molecule has 2 aromatic heterocycles. The molecule has 0 fully saturated rings. The number of hydrogen-bond donors (Lipinski definition) is 1. The van der Waals surface area contributed by atoms with Crippen molar-refractivity contribution in [3.8, 4) is 0 Å². The van der Waals surface area contributed by atoms with Crippen LogP contribution >= 0.6 is 11.3 Å². The average Bonchev–Trinajstić information content (AvgIpc) is 3.03. The van der Waals surface area contributed by atoms with Gasteiger partial charge in [0.05, 0.1) is 26.9 Å². The van der Waals surface area contributed by atoms with Crippen molar-refractivity contribution < 1.29 is 31.1 Å². The summed E-state index contributed by atoms with van der Waals surface area (Å²) in [5.74, 6) is -0.735. The fraction of sp³-hybridized carbons (Fsp3) is 0.263. The number of fused-ring (bicyclic) bond motifs is 1. The predicted octanol–water partition coefficient (Wildman–Crippen LogP) is 6.25. The second-order valence-electron chi connectivity index (χ2n) is 6.89. The number of rotatable bonds is 3. The molecule has 3 aromatic rings. The maximum absolute atomic E-state index is 13.1. The van der Waals surface area contributed by atoms with Crippen molar-refractivity contribution in [1.29, 1.82) is 0 Å². The SMILES string of the molecule is CC(C)(C(=O)Nc1csc2cnccc12)c1cc(C(F)(F)F)cc(C(F)(F)F)c1. The van der Waals surface area contributed by atoms with Crippen LogP contribution in [0.4, 0.5) is 32.0 Å². The second-order valence-corrected chi connectivity index (χ2v) is 7.81. The van der Waals surface area contributed by atoms with Crippen molar-refractivity contribution >= 4 is 33.0 Å². The molecule has 0 aliphatic carbocycles. The van der Waals surface area contributed by atoms with Crippen LogP contribution in [0.15, 0.2) is 42.0 Å². The molecule has 2 heterocycles. The van der Waals surface area contributed by atoms with Gasteiger partial charge in [-0.25, -0.2) is 0 Å². The molecule has 3 nitrogen and oxygen atoms in total. The monoisotopic (exact) mass is 432 g/mol. The molecule has 1 N–H and O–H groups in total. The van der Waals surface area contributed by atoms with Gasteiger partial charge in [0.25, 0.3) is 0 Å². The quantitative estimate of drug-likeness (QED) is 0.497. The van der Waals surface area contributed by atoms with Crippen molar-refractivity contribution in [3.63, 3.8) is 0 Å². The Morgan fingerprint density at radius 3 is 2.07 bits per heavy atom. The lowest BCUT2D eigenvalue weighted by molar-refractivity contribution is -0.143. The highest BCUT2D eigenvalue weighted by Gasteiger charge is 2.40. The van der Waals surface area contributed by atoms with Crippen molar-refractivity contribution in [2.24, 2.45) is 0 Å². The van der Waals surface area contributed by atoms with Crippen LogP contribution in [0, 0.1) is 0 Å². The number of thiophene rings is 1. The van der Waals surface area contributed by atoms with Gasteiger partial charge in [0, 0.05) is 23.2 Å². The van der Waals surface area contributed by atoms with Gasteiger partial charge in [0.15, 0.2) is 0 Å². The normalized spacial score (nSPS) is 13.0. The van der Waals surface area contributed by atoms with E-state index in [4.69, 9.17) is 0 Å². The molecule has 10 heteroatoms. The van der Waals surface area contributed by atoms with Crippen LogP contribution in [0.2, 0.25) is 0 Å². The molecular weight excluding hydrogens is 418 g/mol. The first-order valence-electron chi connectivity index (χ1n) is 8.23. The maximum atomic E-state index is 13.1. The number of hydrogen-bond acceptors (Lipinski definition) is 3. The zero-order chi connectivity index (χ0) is 21.6. The molecule has 154 valence electrons. The highest BCUT2D eigenvalue weighted by Crippen LogP contribution is 2.39. The third-order valence-electron chi connectivity index (χ3n) is 4.50. The number of halogens is 6. The molecular formula is C19H14F6N2OS. The Balaban J connectivity index is 2.02. The number of nitrogens with one attached hydrogen (secondary N) is 1. The van der Waals surface area contributed by atoms with Gasteiger partial charge in [-0.3, -0.25) is 9.78 Å². The van der Waals surface area contributed by atoms with Crippen LogP contribution < -0.4 is 5.32 Å². The number of alkyl halides is 6. The molecule has 0 aliphatic heterocycles. The molecule has 0 saturated carbocycles. The number of carbonyl (C=O) groups excluding carboxylic acids is 1. The fourth-order valence-electron chi connectivity index (χ4n) is 2.70. The highest BCUT2D eigenvalue weighted by molar-refractivity contribution is 7.17. The lowest BCUT2D eigenvalue weighted by Crippen LogP contribution is -2.35.